The molecule has 3 rings (SSSR count). The Kier molecular flexibility index (Phi) is 6.89. The smallest absolute Gasteiger partial charge is 0.253 e. The van der Waals surface area contributed by atoms with Crippen LogP contribution in [0.25, 0.3) is 0 Å². The van der Waals surface area contributed by atoms with E-state index in [2.05, 4.69) is 10.6 Å². The minimum atomic E-state index is -0.176. The minimum Gasteiger partial charge on any atom is -0.494 e. The normalized spacial score (nSPS) is 13.7. The minimum absolute atomic E-state index is 0.0293. The average Bonchev–Trinajstić information content (AvgIpc) is 2.73. The van der Waals surface area contributed by atoms with E-state index in [1.807, 2.05) is 36.1 Å². The van der Waals surface area contributed by atoms with Crippen molar-refractivity contribution in [2.45, 2.75) is 26.2 Å². The molecule has 1 fully saturated rings. The molecule has 2 N–H and O–H groups in total. The molecule has 1 heterocycles. The van der Waals surface area contributed by atoms with Gasteiger partial charge in [0.1, 0.15) is 5.75 Å². The number of hydrogen-bond donors (Lipinski definition) is 2. The van der Waals surface area contributed by atoms with Crippen LogP contribution in [0.4, 0.5) is 11.4 Å². The van der Waals surface area contributed by atoms with Gasteiger partial charge in [-0.05, 0) is 56.5 Å². The number of carbonyl (C=O) groups is 2. The number of nitrogens with zero attached hydrogens (tertiary/aromatic N) is 1. The van der Waals surface area contributed by atoms with Gasteiger partial charge in [-0.3, -0.25) is 9.59 Å². The van der Waals surface area contributed by atoms with Gasteiger partial charge in [0.25, 0.3) is 5.91 Å². The molecule has 0 radical (unpaired) electrons. The lowest BCUT2D eigenvalue weighted by Gasteiger charge is -2.26. The van der Waals surface area contributed by atoms with Crippen LogP contribution < -0.4 is 15.4 Å². The van der Waals surface area contributed by atoms with Gasteiger partial charge in [0.15, 0.2) is 0 Å². The van der Waals surface area contributed by atoms with Crippen LogP contribution in [0.5, 0.6) is 5.75 Å². The number of rotatable bonds is 7. The van der Waals surface area contributed by atoms with E-state index in [-0.39, 0.29) is 18.4 Å². The molecule has 1 aliphatic heterocycles. The zero-order valence-corrected chi connectivity index (χ0v) is 16.2. The summed E-state index contributed by atoms with van der Waals surface area (Å²) in [4.78, 5) is 26.8. The number of ether oxygens (including phenoxy) is 1. The van der Waals surface area contributed by atoms with Crippen molar-refractivity contribution >= 4 is 23.2 Å². The summed E-state index contributed by atoms with van der Waals surface area (Å²) in [5.74, 6) is 0.614. The van der Waals surface area contributed by atoms with E-state index in [4.69, 9.17) is 4.74 Å². The van der Waals surface area contributed by atoms with Gasteiger partial charge in [0, 0.05) is 36.1 Å². The molecule has 148 valence electrons. The largest absolute Gasteiger partial charge is 0.494 e. The summed E-state index contributed by atoms with van der Waals surface area (Å²) in [7, 11) is 0. The third kappa shape index (κ3) is 5.49. The predicted molar refractivity (Wildman–Crippen MR) is 111 cm³/mol. The van der Waals surface area contributed by atoms with Gasteiger partial charge in [-0.2, -0.15) is 0 Å². The summed E-state index contributed by atoms with van der Waals surface area (Å²) in [5, 5.41) is 5.93. The third-order valence-electron chi connectivity index (χ3n) is 4.63. The second-order valence-electron chi connectivity index (χ2n) is 6.80. The average molecular weight is 381 g/mol. The summed E-state index contributed by atoms with van der Waals surface area (Å²) in [5.41, 5.74) is 2.05. The quantitative estimate of drug-likeness (QED) is 0.766. The first-order valence-corrected chi connectivity index (χ1v) is 9.81. The number of anilines is 2. The fourth-order valence-electron chi connectivity index (χ4n) is 3.26. The Bertz CT molecular complexity index is 816. The highest BCUT2D eigenvalue weighted by Crippen LogP contribution is 2.18. The van der Waals surface area contributed by atoms with Crippen molar-refractivity contribution in [3.63, 3.8) is 0 Å². The molecule has 0 aromatic heterocycles. The Morgan fingerprint density at radius 1 is 1.00 bits per heavy atom. The van der Waals surface area contributed by atoms with Gasteiger partial charge in [-0.15, -0.1) is 0 Å². The maximum absolute atomic E-state index is 12.6. The van der Waals surface area contributed by atoms with Gasteiger partial charge >= 0.3 is 0 Å². The molecule has 6 heteroatoms. The van der Waals surface area contributed by atoms with E-state index >= 15 is 0 Å². The number of benzene rings is 2. The van der Waals surface area contributed by atoms with Crippen LogP contribution in [0.15, 0.2) is 48.5 Å². The van der Waals surface area contributed by atoms with Gasteiger partial charge in [-0.1, -0.05) is 12.1 Å². The molecule has 0 aliphatic carbocycles. The summed E-state index contributed by atoms with van der Waals surface area (Å²) < 4.78 is 5.46. The van der Waals surface area contributed by atoms with Crippen LogP contribution in [0, 0.1) is 0 Å². The second-order valence-corrected chi connectivity index (χ2v) is 6.80. The molecule has 2 aromatic carbocycles. The highest BCUT2D eigenvalue weighted by molar-refractivity contribution is 5.98. The molecule has 2 aromatic rings. The summed E-state index contributed by atoms with van der Waals surface area (Å²) in [6, 6.07) is 14.6. The molecule has 0 saturated carbocycles. The van der Waals surface area contributed by atoms with Crippen molar-refractivity contribution in [2.75, 3.05) is 36.9 Å². The van der Waals surface area contributed by atoms with E-state index in [0.717, 1.165) is 37.4 Å². The van der Waals surface area contributed by atoms with Crippen LogP contribution in [0.2, 0.25) is 0 Å². The van der Waals surface area contributed by atoms with Gasteiger partial charge in [-0.25, -0.2) is 0 Å². The number of carbonyl (C=O) groups excluding carboxylic acids is 2. The number of nitrogens with one attached hydrogen (secondary N) is 2. The van der Waals surface area contributed by atoms with Gasteiger partial charge in [0.05, 0.1) is 13.2 Å². The molecule has 1 saturated heterocycles. The standard InChI is InChI=1S/C22H27N3O3/c1-2-28-20-11-7-9-18(15-20)23-16-21(26)24-19-10-6-8-17(14-19)22(27)25-12-4-3-5-13-25/h6-11,14-15,23H,2-5,12-13,16H2,1H3,(H,24,26). The molecule has 0 spiro atoms. The van der Waals surface area contributed by atoms with Crippen LogP contribution >= 0.6 is 0 Å². The van der Waals surface area contributed by atoms with Crippen molar-refractivity contribution in [3.8, 4) is 5.75 Å². The fourth-order valence-corrected chi connectivity index (χ4v) is 3.26. The molecular weight excluding hydrogens is 354 g/mol. The number of hydrogen-bond acceptors (Lipinski definition) is 4. The van der Waals surface area contributed by atoms with E-state index in [0.29, 0.717) is 17.9 Å². The first-order chi connectivity index (χ1) is 13.7. The molecule has 0 unspecified atom stereocenters. The zero-order chi connectivity index (χ0) is 19.8. The topological polar surface area (TPSA) is 70.7 Å². The van der Waals surface area contributed by atoms with Crippen LogP contribution in [-0.2, 0) is 4.79 Å². The number of likely N-dealkylation sites (tertiary alicyclic amines) is 1. The summed E-state index contributed by atoms with van der Waals surface area (Å²) >= 11 is 0. The van der Waals surface area contributed by atoms with Crippen molar-refractivity contribution in [2.24, 2.45) is 0 Å². The summed E-state index contributed by atoms with van der Waals surface area (Å²) in [6.07, 6.45) is 3.29. The lowest BCUT2D eigenvalue weighted by atomic mass is 10.1. The highest BCUT2D eigenvalue weighted by atomic mass is 16.5. The predicted octanol–water partition coefficient (Wildman–Crippen LogP) is 3.76. The SMILES string of the molecule is CCOc1cccc(NCC(=O)Nc2cccc(C(=O)N3CCCCC3)c2)c1. The number of piperidine rings is 1. The molecule has 0 bridgehead atoms. The molecule has 1 aliphatic rings. The van der Waals surface area contributed by atoms with E-state index in [1.54, 1.807) is 24.3 Å². The molecule has 6 nitrogen and oxygen atoms in total. The monoisotopic (exact) mass is 381 g/mol. The second kappa shape index (κ2) is 9.78. The maximum Gasteiger partial charge on any atom is 0.253 e. The lowest BCUT2D eigenvalue weighted by Crippen LogP contribution is -2.35. The molecular formula is C22H27N3O3. The Hall–Kier alpha value is -3.02. The van der Waals surface area contributed by atoms with E-state index in [1.165, 1.54) is 6.42 Å². The highest BCUT2D eigenvalue weighted by Gasteiger charge is 2.18. The van der Waals surface area contributed by atoms with Crippen LogP contribution in [0.3, 0.4) is 0 Å². The Morgan fingerprint density at radius 3 is 2.54 bits per heavy atom. The van der Waals surface area contributed by atoms with Crippen molar-refractivity contribution in [3.05, 3.63) is 54.1 Å². The first-order valence-electron chi connectivity index (χ1n) is 9.81. The maximum atomic E-state index is 12.6. The Morgan fingerprint density at radius 2 is 1.75 bits per heavy atom. The van der Waals surface area contributed by atoms with E-state index < -0.39 is 0 Å². The molecule has 0 atom stereocenters. The molecule has 28 heavy (non-hydrogen) atoms. The molecule has 2 amide bonds. The van der Waals surface area contributed by atoms with Gasteiger partial charge in [0.2, 0.25) is 5.91 Å². The van der Waals surface area contributed by atoms with Crippen LogP contribution in [-0.4, -0.2) is 43.0 Å². The van der Waals surface area contributed by atoms with Gasteiger partial charge < -0.3 is 20.3 Å². The zero-order valence-electron chi connectivity index (χ0n) is 16.2. The van der Waals surface area contributed by atoms with Crippen LogP contribution in [0.1, 0.15) is 36.5 Å². The van der Waals surface area contributed by atoms with Crippen molar-refractivity contribution < 1.29 is 14.3 Å². The Labute approximate surface area is 165 Å². The fraction of sp³-hybridized carbons (Fsp3) is 0.364. The third-order valence-corrected chi connectivity index (χ3v) is 4.63. The lowest BCUT2D eigenvalue weighted by molar-refractivity contribution is -0.114. The Balaban J connectivity index is 1.55. The summed E-state index contributed by atoms with van der Waals surface area (Å²) in [6.45, 7) is 4.26. The van der Waals surface area contributed by atoms with Crippen molar-refractivity contribution in [1.29, 1.82) is 0 Å². The van der Waals surface area contributed by atoms with Crippen molar-refractivity contribution in [1.82, 2.24) is 4.90 Å². The first kappa shape index (κ1) is 19.7. The van der Waals surface area contributed by atoms with E-state index in [9.17, 15) is 9.59 Å². The number of amides is 2.